The second-order valence-electron chi connectivity index (χ2n) is 10.3. The van der Waals surface area contributed by atoms with E-state index in [1.165, 1.54) is 10.5 Å². The summed E-state index contributed by atoms with van der Waals surface area (Å²) in [6.07, 6.45) is 1.55. The zero-order valence-electron chi connectivity index (χ0n) is 22.1. The summed E-state index contributed by atoms with van der Waals surface area (Å²) in [5, 5.41) is 13.8. The monoisotopic (exact) mass is 490 g/mol. The van der Waals surface area contributed by atoms with E-state index in [-0.39, 0.29) is 17.4 Å². The van der Waals surface area contributed by atoms with E-state index >= 15 is 0 Å². The molecular formula is C30H38N2O4. The van der Waals surface area contributed by atoms with Gasteiger partial charge in [0.2, 0.25) is 5.78 Å². The van der Waals surface area contributed by atoms with E-state index in [0.717, 1.165) is 49.4 Å². The highest BCUT2D eigenvalue weighted by Gasteiger charge is 2.44. The van der Waals surface area contributed by atoms with E-state index in [9.17, 15) is 14.7 Å². The maximum Gasteiger partial charge on any atom is 0.295 e. The summed E-state index contributed by atoms with van der Waals surface area (Å²) in [6.45, 7) is 13.9. The van der Waals surface area contributed by atoms with Gasteiger partial charge in [0.05, 0.1) is 25.7 Å². The van der Waals surface area contributed by atoms with Gasteiger partial charge in [-0.3, -0.25) is 9.59 Å². The lowest BCUT2D eigenvalue weighted by atomic mass is 9.92. The number of rotatable bonds is 9. The number of ketones is 1. The normalized spacial score (nSPS) is 20.9. The van der Waals surface area contributed by atoms with Crippen molar-refractivity contribution in [2.45, 2.75) is 65.5 Å². The number of Topliss-reactive ketones (excluding diaryl/α,β-unsaturated/α-hetero) is 1. The van der Waals surface area contributed by atoms with Crippen molar-refractivity contribution in [3.05, 3.63) is 70.3 Å². The van der Waals surface area contributed by atoms with Crippen molar-refractivity contribution in [3.8, 4) is 5.75 Å². The fourth-order valence-electron chi connectivity index (χ4n) is 5.33. The van der Waals surface area contributed by atoms with Gasteiger partial charge in [0.15, 0.2) is 0 Å². The second kappa shape index (κ2) is 10.9. The Morgan fingerprint density at radius 1 is 1.11 bits per heavy atom. The molecule has 2 aliphatic heterocycles. The molecule has 6 heteroatoms. The van der Waals surface area contributed by atoms with Crippen LogP contribution in [0.1, 0.15) is 75.3 Å². The standard InChI is InChI=1S/C30H38N2O4/c1-6-31(7-2)15-8-16-32-27(22-11-9-21(10-12-22)19(3)4)26(29(34)30(32)35)28(33)23-13-14-25-24(18-23)17-20(5)36-25/h9-14,18-20,27,33H,6-8,15-17H2,1-5H3/b28-26+. The summed E-state index contributed by atoms with van der Waals surface area (Å²) >= 11 is 0. The lowest BCUT2D eigenvalue weighted by molar-refractivity contribution is -0.896. The quantitative estimate of drug-likeness (QED) is 0.333. The maximum atomic E-state index is 13.8. The number of hydrogen-bond acceptors (Lipinski definition) is 4. The van der Waals surface area contributed by atoms with Gasteiger partial charge in [0.25, 0.3) is 5.91 Å². The first-order chi connectivity index (χ1) is 17.2. The average Bonchev–Trinajstić information content (AvgIpc) is 3.37. The van der Waals surface area contributed by atoms with E-state index in [0.29, 0.717) is 18.0 Å². The predicted molar refractivity (Wildman–Crippen MR) is 139 cm³/mol. The van der Waals surface area contributed by atoms with Gasteiger partial charge in [-0.15, -0.1) is 0 Å². The zero-order valence-corrected chi connectivity index (χ0v) is 22.1. The van der Waals surface area contributed by atoms with Crippen molar-refractivity contribution in [2.75, 3.05) is 26.2 Å². The molecule has 4 rings (SSSR count). The molecule has 1 fully saturated rings. The molecule has 1 amide bonds. The number of hydrogen-bond donors (Lipinski definition) is 1. The number of carbonyl (C=O) groups is 2. The molecular weight excluding hydrogens is 452 g/mol. The molecule has 2 heterocycles. The fraction of sp³-hybridized carbons (Fsp3) is 0.467. The SMILES string of the molecule is CC[NH+](CC)CCCN1C(=O)C(=O)/C(=C(/[O-])c2ccc3c(c2)CC(C)O3)C1c1ccc(C(C)C)cc1. The van der Waals surface area contributed by atoms with Crippen LogP contribution in [-0.4, -0.2) is 48.9 Å². The van der Waals surface area contributed by atoms with Gasteiger partial charge in [0, 0.05) is 25.0 Å². The molecule has 0 radical (unpaired) electrons. The Kier molecular flexibility index (Phi) is 7.84. The van der Waals surface area contributed by atoms with Crippen LogP contribution >= 0.6 is 0 Å². The number of carbonyl (C=O) groups excluding carboxylic acids is 2. The highest BCUT2D eigenvalue weighted by atomic mass is 16.5. The number of likely N-dealkylation sites (tertiary alicyclic amines) is 1. The third kappa shape index (κ3) is 5.05. The van der Waals surface area contributed by atoms with Crippen LogP contribution in [0.4, 0.5) is 0 Å². The van der Waals surface area contributed by atoms with E-state index in [1.54, 1.807) is 17.0 Å². The lowest BCUT2D eigenvalue weighted by Crippen LogP contribution is -3.11. The van der Waals surface area contributed by atoms with Crippen LogP contribution in [0.5, 0.6) is 5.75 Å². The second-order valence-corrected chi connectivity index (χ2v) is 10.3. The molecule has 0 aliphatic carbocycles. The third-order valence-electron chi connectivity index (χ3n) is 7.54. The molecule has 2 aliphatic rings. The van der Waals surface area contributed by atoms with Crippen LogP contribution in [0.3, 0.4) is 0 Å². The largest absolute Gasteiger partial charge is 0.872 e. The Morgan fingerprint density at radius 3 is 2.44 bits per heavy atom. The average molecular weight is 491 g/mol. The highest BCUT2D eigenvalue weighted by Crippen LogP contribution is 2.40. The number of benzene rings is 2. The smallest absolute Gasteiger partial charge is 0.295 e. The summed E-state index contributed by atoms with van der Waals surface area (Å²) in [4.78, 5) is 29.6. The Morgan fingerprint density at radius 2 is 1.81 bits per heavy atom. The first-order valence-corrected chi connectivity index (χ1v) is 13.2. The van der Waals surface area contributed by atoms with Gasteiger partial charge in [-0.1, -0.05) is 49.9 Å². The van der Waals surface area contributed by atoms with Crippen molar-refractivity contribution >= 4 is 17.4 Å². The molecule has 192 valence electrons. The molecule has 0 saturated carbocycles. The Balaban J connectivity index is 1.73. The van der Waals surface area contributed by atoms with Crippen LogP contribution in [0.2, 0.25) is 0 Å². The molecule has 6 nitrogen and oxygen atoms in total. The summed E-state index contributed by atoms with van der Waals surface area (Å²) < 4.78 is 5.78. The van der Waals surface area contributed by atoms with Crippen molar-refractivity contribution in [3.63, 3.8) is 0 Å². The van der Waals surface area contributed by atoms with Crippen LogP contribution in [0.25, 0.3) is 5.76 Å². The first-order valence-electron chi connectivity index (χ1n) is 13.2. The summed E-state index contributed by atoms with van der Waals surface area (Å²) in [5.41, 5.74) is 3.42. The molecule has 0 aromatic heterocycles. The van der Waals surface area contributed by atoms with Crippen LogP contribution < -0.4 is 14.7 Å². The minimum Gasteiger partial charge on any atom is -0.872 e. The van der Waals surface area contributed by atoms with Crippen molar-refractivity contribution in [1.29, 1.82) is 0 Å². The minimum absolute atomic E-state index is 0.0550. The number of quaternary nitrogens is 1. The van der Waals surface area contributed by atoms with Gasteiger partial charge < -0.3 is 19.6 Å². The predicted octanol–water partition coefficient (Wildman–Crippen LogP) is 2.67. The van der Waals surface area contributed by atoms with Gasteiger partial charge in [-0.2, -0.15) is 0 Å². The molecule has 2 atom stereocenters. The number of nitrogens with one attached hydrogen (secondary N) is 1. The number of nitrogens with zero attached hydrogens (tertiary/aromatic N) is 1. The molecule has 36 heavy (non-hydrogen) atoms. The number of amides is 1. The molecule has 2 aromatic carbocycles. The van der Waals surface area contributed by atoms with Gasteiger partial charge >= 0.3 is 0 Å². The summed E-state index contributed by atoms with van der Waals surface area (Å²) in [6, 6.07) is 12.6. The first kappa shape index (κ1) is 26.0. The van der Waals surface area contributed by atoms with Gasteiger partial charge in [-0.05, 0) is 61.1 Å². The van der Waals surface area contributed by atoms with Crippen LogP contribution in [0, 0.1) is 0 Å². The summed E-state index contributed by atoms with van der Waals surface area (Å²) in [7, 11) is 0. The fourth-order valence-corrected chi connectivity index (χ4v) is 5.33. The van der Waals surface area contributed by atoms with Crippen LogP contribution in [-0.2, 0) is 16.0 Å². The molecule has 1 N–H and O–H groups in total. The minimum atomic E-state index is -0.682. The molecule has 1 saturated heterocycles. The van der Waals surface area contributed by atoms with Crippen molar-refractivity contribution < 1.29 is 24.3 Å². The van der Waals surface area contributed by atoms with Gasteiger partial charge in [-0.25, -0.2) is 0 Å². The van der Waals surface area contributed by atoms with Crippen LogP contribution in [0.15, 0.2) is 48.0 Å². The molecule has 0 spiro atoms. The zero-order chi connectivity index (χ0) is 26.0. The topological polar surface area (TPSA) is 74.1 Å². The molecule has 0 bridgehead atoms. The van der Waals surface area contributed by atoms with E-state index in [2.05, 4.69) is 27.7 Å². The Bertz CT molecular complexity index is 1150. The van der Waals surface area contributed by atoms with E-state index in [1.807, 2.05) is 37.3 Å². The van der Waals surface area contributed by atoms with E-state index in [4.69, 9.17) is 4.74 Å². The number of fused-ring (bicyclic) bond motifs is 1. The number of ether oxygens (including phenoxy) is 1. The van der Waals surface area contributed by atoms with Crippen molar-refractivity contribution in [2.24, 2.45) is 0 Å². The van der Waals surface area contributed by atoms with Crippen molar-refractivity contribution in [1.82, 2.24) is 4.90 Å². The summed E-state index contributed by atoms with van der Waals surface area (Å²) in [5.74, 6) is -0.493. The lowest BCUT2D eigenvalue weighted by Gasteiger charge is -2.28. The molecule has 2 unspecified atom stereocenters. The third-order valence-corrected chi connectivity index (χ3v) is 7.54. The van der Waals surface area contributed by atoms with Gasteiger partial charge in [0.1, 0.15) is 11.9 Å². The molecule has 2 aromatic rings. The van der Waals surface area contributed by atoms with E-state index < -0.39 is 17.7 Å². The Hall–Kier alpha value is -3.12. The Labute approximate surface area is 214 Å². The highest BCUT2D eigenvalue weighted by molar-refractivity contribution is 6.46. The maximum absolute atomic E-state index is 13.8.